The number of likely N-dealkylation sites (tertiary alicyclic amines) is 1. The van der Waals surface area contributed by atoms with Crippen LogP contribution in [0.25, 0.3) is 0 Å². The van der Waals surface area contributed by atoms with Crippen LogP contribution in [-0.4, -0.2) is 46.3 Å². The van der Waals surface area contributed by atoms with Crippen LogP contribution >= 0.6 is 0 Å². The van der Waals surface area contributed by atoms with Crippen molar-refractivity contribution < 1.29 is 41.0 Å². The SMILES string of the molecule is CC(F)(c1ccc2c(c1)CC[C@H]1N(C(=O)C3CCC(F)(C(=O)O)CC3)CC[C@@]21Cc1ccc(F)cc1)C(F)(F)F. The van der Waals surface area contributed by atoms with Gasteiger partial charge in [-0.1, -0.05) is 30.3 Å². The first-order valence-corrected chi connectivity index (χ1v) is 13.5. The van der Waals surface area contributed by atoms with E-state index in [1.807, 2.05) is 0 Å². The van der Waals surface area contributed by atoms with Crippen molar-refractivity contribution in [2.24, 2.45) is 5.92 Å². The van der Waals surface area contributed by atoms with Gasteiger partial charge in [0.2, 0.25) is 17.2 Å². The summed E-state index contributed by atoms with van der Waals surface area (Å²) in [5, 5.41) is 9.21. The lowest BCUT2D eigenvalue weighted by molar-refractivity contribution is -0.228. The van der Waals surface area contributed by atoms with E-state index < -0.39 is 46.2 Å². The van der Waals surface area contributed by atoms with Crippen LogP contribution in [0.2, 0.25) is 0 Å². The van der Waals surface area contributed by atoms with E-state index in [2.05, 4.69) is 0 Å². The summed E-state index contributed by atoms with van der Waals surface area (Å²) >= 11 is 0. The highest BCUT2D eigenvalue weighted by Gasteiger charge is 2.56. The summed E-state index contributed by atoms with van der Waals surface area (Å²) in [4.78, 5) is 26.8. The van der Waals surface area contributed by atoms with E-state index in [-0.39, 0.29) is 37.6 Å². The van der Waals surface area contributed by atoms with Gasteiger partial charge in [0.15, 0.2) is 0 Å². The molecule has 1 saturated heterocycles. The Morgan fingerprint density at radius 1 is 1.00 bits per heavy atom. The van der Waals surface area contributed by atoms with Crippen LogP contribution in [0.15, 0.2) is 42.5 Å². The van der Waals surface area contributed by atoms with Gasteiger partial charge in [-0.15, -0.1) is 0 Å². The standard InChI is InChI=1S/C30H31F6NO3/c1-27(32,30(34,35)36)21-5-8-23-20(16-21)4-9-24-28(23,17-18-2-6-22(31)7-3-18)14-15-37(24)25(38)19-10-12-29(33,13-11-19)26(39)40/h2-3,5-8,16,19,24H,4,9-15,17H2,1H3,(H,39,40)/t19?,24-,27?,28-,29?/m1/s1. The highest BCUT2D eigenvalue weighted by Crippen LogP contribution is 2.51. The first-order valence-electron chi connectivity index (χ1n) is 13.5. The molecule has 216 valence electrons. The molecule has 1 saturated carbocycles. The number of carboxylic acid groups (broad SMARTS) is 1. The Labute approximate surface area is 228 Å². The average molecular weight is 568 g/mol. The Kier molecular flexibility index (Phi) is 6.98. The fourth-order valence-electron chi connectivity index (χ4n) is 7.02. The van der Waals surface area contributed by atoms with Gasteiger partial charge in [0, 0.05) is 23.9 Å². The van der Waals surface area contributed by atoms with Crippen LogP contribution in [0.3, 0.4) is 0 Å². The number of hydrogen-bond donors (Lipinski definition) is 1. The molecule has 1 aliphatic heterocycles. The van der Waals surface area contributed by atoms with Gasteiger partial charge in [-0.25, -0.2) is 18.0 Å². The maximum absolute atomic E-state index is 14.8. The van der Waals surface area contributed by atoms with E-state index in [4.69, 9.17) is 0 Å². The molecule has 3 atom stereocenters. The lowest BCUT2D eigenvalue weighted by Gasteiger charge is -2.45. The van der Waals surface area contributed by atoms with Crippen LogP contribution in [-0.2, 0) is 33.5 Å². The van der Waals surface area contributed by atoms with Crippen molar-refractivity contribution in [3.63, 3.8) is 0 Å². The summed E-state index contributed by atoms with van der Waals surface area (Å²) in [6.07, 6.45) is -3.67. The van der Waals surface area contributed by atoms with Gasteiger partial charge in [0.1, 0.15) is 5.82 Å². The van der Waals surface area contributed by atoms with Crippen molar-refractivity contribution in [3.8, 4) is 0 Å². The zero-order valence-electron chi connectivity index (χ0n) is 22.0. The fraction of sp³-hybridized carbons (Fsp3) is 0.533. The molecule has 4 nitrogen and oxygen atoms in total. The number of benzene rings is 2. The van der Waals surface area contributed by atoms with Crippen molar-refractivity contribution in [2.75, 3.05) is 6.54 Å². The molecular weight excluding hydrogens is 536 g/mol. The van der Waals surface area contributed by atoms with E-state index in [1.165, 1.54) is 24.3 Å². The molecule has 2 aliphatic carbocycles. The minimum atomic E-state index is -5.08. The summed E-state index contributed by atoms with van der Waals surface area (Å²) < 4.78 is 83.5. The summed E-state index contributed by atoms with van der Waals surface area (Å²) in [6, 6.07) is 9.62. The summed E-state index contributed by atoms with van der Waals surface area (Å²) in [7, 11) is 0. The van der Waals surface area contributed by atoms with Gasteiger partial charge in [-0.2, -0.15) is 13.2 Å². The van der Waals surface area contributed by atoms with Gasteiger partial charge in [0.25, 0.3) is 0 Å². The van der Waals surface area contributed by atoms with Crippen molar-refractivity contribution in [3.05, 3.63) is 70.5 Å². The number of hydrogen-bond acceptors (Lipinski definition) is 2. The molecule has 1 N–H and O–H groups in total. The average Bonchev–Trinajstić information content (AvgIpc) is 3.28. The minimum Gasteiger partial charge on any atom is -0.479 e. The maximum atomic E-state index is 14.8. The van der Waals surface area contributed by atoms with E-state index in [1.54, 1.807) is 23.1 Å². The normalized spacial score (nSPS) is 29.8. The zero-order chi connectivity index (χ0) is 29.1. The summed E-state index contributed by atoms with van der Waals surface area (Å²) in [5.41, 5.74) is -4.88. The van der Waals surface area contributed by atoms with Gasteiger partial charge < -0.3 is 10.0 Å². The second-order valence-electron chi connectivity index (χ2n) is 11.7. The zero-order valence-corrected chi connectivity index (χ0v) is 22.0. The Hall–Kier alpha value is -3.04. The Bertz CT molecular complexity index is 1300. The molecule has 0 bridgehead atoms. The Morgan fingerprint density at radius 2 is 1.65 bits per heavy atom. The van der Waals surface area contributed by atoms with Gasteiger partial charge in [-0.3, -0.25) is 4.79 Å². The third-order valence-corrected chi connectivity index (χ3v) is 9.44. The molecule has 2 aromatic carbocycles. The number of nitrogens with zero attached hydrogens (tertiary/aromatic N) is 1. The highest BCUT2D eigenvalue weighted by atomic mass is 19.4. The predicted octanol–water partition coefficient (Wildman–Crippen LogP) is 6.58. The van der Waals surface area contributed by atoms with Crippen LogP contribution in [0, 0.1) is 11.7 Å². The van der Waals surface area contributed by atoms with Crippen molar-refractivity contribution >= 4 is 11.9 Å². The molecule has 1 heterocycles. The van der Waals surface area contributed by atoms with Crippen molar-refractivity contribution in [1.82, 2.24) is 4.90 Å². The third-order valence-electron chi connectivity index (χ3n) is 9.44. The number of amides is 1. The van der Waals surface area contributed by atoms with Crippen molar-refractivity contribution in [2.45, 2.75) is 87.3 Å². The van der Waals surface area contributed by atoms with E-state index in [0.717, 1.165) is 11.1 Å². The van der Waals surface area contributed by atoms with Crippen molar-refractivity contribution in [1.29, 1.82) is 0 Å². The molecule has 40 heavy (non-hydrogen) atoms. The summed E-state index contributed by atoms with van der Waals surface area (Å²) in [6.45, 7) is 0.872. The molecule has 1 unspecified atom stereocenters. The van der Waals surface area contributed by atoms with Gasteiger partial charge in [-0.05, 0) is 92.7 Å². The first kappa shape index (κ1) is 28.5. The van der Waals surface area contributed by atoms with Crippen LogP contribution in [0.5, 0.6) is 0 Å². The molecule has 5 rings (SSSR count). The highest BCUT2D eigenvalue weighted by molar-refractivity contribution is 5.82. The van der Waals surface area contributed by atoms with Crippen LogP contribution in [0.4, 0.5) is 26.3 Å². The largest absolute Gasteiger partial charge is 0.479 e. The second kappa shape index (κ2) is 9.80. The quantitative estimate of drug-likeness (QED) is 0.415. The number of carbonyl (C=O) groups excluding carboxylic acids is 1. The smallest absolute Gasteiger partial charge is 0.426 e. The predicted molar refractivity (Wildman–Crippen MR) is 135 cm³/mol. The summed E-state index contributed by atoms with van der Waals surface area (Å²) in [5.74, 6) is -2.62. The minimum absolute atomic E-state index is 0.113. The Morgan fingerprint density at radius 3 is 2.25 bits per heavy atom. The number of aryl methyl sites for hydroxylation is 1. The van der Waals surface area contributed by atoms with E-state index in [9.17, 15) is 41.0 Å². The number of carboxylic acids is 1. The van der Waals surface area contributed by atoms with E-state index in [0.29, 0.717) is 44.7 Å². The fourth-order valence-corrected chi connectivity index (χ4v) is 7.02. The third kappa shape index (κ3) is 4.67. The number of halogens is 6. The number of aliphatic carboxylic acids is 1. The molecule has 1 amide bonds. The lowest BCUT2D eigenvalue weighted by atomic mass is 9.63. The molecule has 0 radical (unpaired) electrons. The molecule has 0 spiro atoms. The van der Waals surface area contributed by atoms with Crippen LogP contribution in [0.1, 0.15) is 67.7 Å². The molecule has 2 aromatic rings. The van der Waals surface area contributed by atoms with Crippen LogP contribution < -0.4 is 0 Å². The molecule has 0 aromatic heterocycles. The topological polar surface area (TPSA) is 57.6 Å². The van der Waals surface area contributed by atoms with Gasteiger partial charge in [0.05, 0.1) is 0 Å². The molecule has 2 fully saturated rings. The first-order chi connectivity index (χ1) is 18.7. The number of alkyl halides is 5. The second-order valence-corrected chi connectivity index (χ2v) is 11.7. The molecule has 3 aliphatic rings. The van der Waals surface area contributed by atoms with Gasteiger partial charge >= 0.3 is 12.1 Å². The molecule has 10 heteroatoms. The van der Waals surface area contributed by atoms with E-state index >= 15 is 0 Å². The maximum Gasteiger partial charge on any atom is 0.426 e. The lowest BCUT2D eigenvalue weighted by Crippen LogP contribution is -2.51. The number of carbonyl (C=O) groups is 2. The Balaban J connectivity index is 1.49. The molecular formula is C30H31F6NO3. The number of rotatable bonds is 5. The number of fused-ring (bicyclic) bond motifs is 3. The monoisotopic (exact) mass is 567 g/mol.